The maximum absolute atomic E-state index is 11.5. The first kappa shape index (κ1) is 12.4. The number of carbonyl (C=O) groups is 1. The van der Waals surface area contributed by atoms with E-state index in [9.17, 15) is 4.79 Å². The summed E-state index contributed by atoms with van der Waals surface area (Å²) in [6.07, 6.45) is 1.68. The van der Waals surface area contributed by atoms with Gasteiger partial charge in [0.15, 0.2) is 0 Å². The van der Waals surface area contributed by atoms with Crippen LogP contribution in [0.4, 0.5) is 0 Å². The molecule has 0 saturated carbocycles. The molecule has 1 aliphatic heterocycles. The minimum atomic E-state index is -0.0374. The van der Waals surface area contributed by atoms with Gasteiger partial charge in [0.2, 0.25) is 5.91 Å². The zero-order valence-electron chi connectivity index (χ0n) is 9.43. The number of hydrogen-bond acceptors (Lipinski definition) is 4. The molecule has 1 atom stereocenters. The van der Waals surface area contributed by atoms with Gasteiger partial charge >= 0.3 is 0 Å². The quantitative estimate of drug-likeness (QED) is 0.848. The molecule has 1 fully saturated rings. The molecule has 1 heterocycles. The van der Waals surface area contributed by atoms with Crippen molar-refractivity contribution < 1.29 is 9.53 Å². The Balaban J connectivity index is 1.89. The van der Waals surface area contributed by atoms with E-state index in [1.54, 1.807) is 7.11 Å². The summed E-state index contributed by atoms with van der Waals surface area (Å²) in [5, 5.41) is 2.62. The molecular weight excluding hydrogens is 254 g/mol. The number of rotatable bonds is 4. The molecular formula is C12H13NO2S2. The van der Waals surface area contributed by atoms with Gasteiger partial charge in [0.1, 0.15) is 10.1 Å². The third kappa shape index (κ3) is 3.20. The first-order chi connectivity index (χ1) is 8.19. The molecule has 1 aromatic carbocycles. The fraction of sp³-hybridized carbons (Fsp3) is 0.333. The van der Waals surface area contributed by atoms with Crippen LogP contribution in [-0.4, -0.2) is 22.6 Å². The Bertz CT molecular complexity index is 431. The Morgan fingerprint density at radius 3 is 2.65 bits per heavy atom. The smallest absolute Gasteiger partial charge is 0.238 e. The van der Waals surface area contributed by atoms with Gasteiger partial charge < -0.3 is 10.1 Å². The molecule has 0 bridgehead atoms. The molecule has 1 unspecified atom stereocenters. The molecule has 90 valence electrons. The van der Waals surface area contributed by atoms with E-state index in [1.165, 1.54) is 17.3 Å². The maximum Gasteiger partial charge on any atom is 0.238 e. The van der Waals surface area contributed by atoms with E-state index in [-0.39, 0.29) is 11.2 Å². The molecule has 1 aromatic rings. The summed E-state index contributed by atoms with van der Waals surface area (Å²) in [5.41, 5.74) is 1.21. The zero-order chi connectivity index (χ0) is 12.3. The molecule has 0 aliphatic carbocycles. The molecule has 0 aromatic heterocycles. The Kier molecular flexibility index (Phi) is 4.02. The van der Waals surface area contributed by atoms with Gasteiger partial charge in [-0.15, -0.1) is 0 Å². The molecule has 17 heavy (non-hydrogen) atoms. The highest BCUT2D eigenvalue weighted by Crippen LogP contribution is 2.24. The Hall–Kier alpha value is -1.07. The number of carbonyl (C=O) groups excluding carboxylic acids is 1. The van der Waals surface area contributed by atoms with E-state index >= 15 is 0 Å². The summed E-state index contributed by atoms with van der Waals surface area (Å²) < 4.78 is 5.69. The van der Waals surface area contributed by atoms with Gasteiger partial charge in [-0.1, -0.05) is 36.1 Å². The average molecular weight is 267 g/mol. The topological polar surface area (TPSA) is 38.3 Å². The van der Waals surface area contributed by atoms with Gasteiger partial charge in [-0.25, -0.2) is 0 Å². The first-order valence-electron chi connectivity index (χ1n) is 5.33. The minimum absolute atomic E-state index is 0.0357. The maximum atomic E-state index is 11.5. The summed E-state index contributed by atoms with van der Waals surface area (Å²) in [6, 6.07) is 7.91. The summed E-state index contributed by atoms with van der Waals surface area (Å²) in [4.78, 5) is 11.5. The van der Waals surface area contributed by atoms with Crippen LogP contribution in [-0.2, 0) is 11.2 Å². The highest BCUT2D eigenvalue weighted by molar-refractivity contribution is 8.24. The van der Waals surface area contributed by atoms with E-state index in [4.69, 9.17) is 17.0 Å². The van der Waals surface area contributed by atoms with Crippen LogP contribution in [0.3, 0.4) is 0 Å². The summed E-state index contributed by atoms with van der Waals surface area (Å²) in [5.74, 6) is 0.886. The average Bonchev–Trinajstić information content (AvgIpc) is 2.66. The first-order valence-corrected chi connectivity index (χ1v) is 6.62. The zero-order valence-corrected chi connectivity index (χ0v) is 11.1. The van der Waals surface area contributed by atoms with E-state index in [0.29, 0.717) is 4.32 Å². The lowest BCUT2D eigenvalue weighted by Crippen LogP contribution is -2.24. The van der Waals surface area contributed by atoms with Gasteiger partial charge in [-0.2, -0.15) is 0 Å². The van der Waals surface area contributed by atoms with E-state index in [0.717, 1.165) is 18.6 Å². The third-order valence-electron chi connectivity index (χ3n) is 2.62. The van der Waals surface area contributed by atoms with Crippen LogP contribution in [0.2, 0.25) is 0 Å². The van der Waals surface area contributed by atoms with E-state index in [1.807, 2.05) is 24.3 Å². The van der Waals surface area contributed by atoms with E-state index in [2.05, 4.69) is 5.32 Å². The lowest BCUT2D eigenvalue weighted by Gasteiger charge is -2.06. The van der Waals surface area contributed by atoms with Crippen LogP contribution in [0.5, 0.6) is 5.75 Å². The number of thioether (sulfide) groups is 1. The standard InChI is InChI=1S/C12H13NO2S2/c1-15-9-5-2-8(3-6-9)4-7-10-11(14)13-12(16)17-10/h2-3,5-6,10H,4,7H2,1H3,(H,13,14,16). The molecule has 1 aliphatic rings. The number of amides is 1. The Labute approximate surface area is 110 Å². The van der Waals surface area contributed by atoms with Gasteiger partial charge in [0.05, 0.1) is 12.4 Å². The molecule has 1 N–H and O–H groups in total. The normalized spacial score (nSPS) is 19.2. The number of aryl methyl sites for hydroxylation is 1. The molecule has 1 saturated heterocycles. The van der Waals surface area contributed by atoms with E-state index < -0.39 is 0 Å². The van der Waals surface area contributed by atoms with Crippen LogP contribution in [0.15, 0.2) is 24.3 Å². The lowest BCUT2D eigenvalue weighted by atomic mass is 10.1. The molecule has 1 amide bonds. The predicted molar refractivity (Wildman–Crippen MR) is 73.4 cm³/mol. The third-order valence-corrected chi connectivity index (χ3v) is 4.06. The summed E-state index contributed by atoms with van der Waals surface area (Å²) in [7, 11) is 1.65. The van der Waals surface area contributed by atoms with Crippen LogP contribution in [0.25, 0.3) is 0 Å². The van der Waals surface area contributed by atoms with Gasteiger partial charge in [-0.3, -0.25) is 4.79 Å². The molecule has 0 spiro atoms. The monoisotopic (exact) mass is 267 g/mol. The Morgan fingerprint density at radius 1 is 1.41 bits per heavy atom. The van der Waals surface area contributed by atoms with Crippen molar-refractivity contribution in [3.8, 4) is 5.75 Å². The SMILES string of the molecule is COc1ccc(CCC2SC(=S)NC2=O)cc1. The fourth-order valence-electron chi connectivity index (χ4n) is 1.67. The largest absolute Gasteiger partial charge is 0.497 e. The molecule has 2 rings (SSSR count). The second-order valence-electron chi connectivity index (χ2n) is 3.77. The number of ether oxygens (including phenoxy) is 1. The van der Waals surface area contributed by atoms with Crippen molar-refractivity contribution in [2.45, 2.75) is 18.1 Å². The van der Waals surface area contributed by atoms with Crippen molar-refractivity contribution in [3.05, 3.63) is 29.8 Å². The molecule has 5 heteroatoms. The lowest BCUT2D eigenvalue weighted by molar-refractivity contribution is -0.118. The minimum Gasteiger partial charge on any atom is -0.497 e. The van der Waals surface area contributed by atoms with Crippen molar-refractivity contribution in [1.29, 1.82) is 0 Å². The molecule has 0 radical (unpaired) electrons. The van der Waals surface area contributed by atoms with Crippen LogP contribution in [0, 0.1) is 0 Å². The number of benzene rings is 1. The van der Waals surface area contributed by atoms with Crippen LogP contribution >= 0.6 is 24.0 Å². The summed E-state index contributed by atoms with van der Waals surface area (Å²) in [6.45, 7) is 0. The second-order valence-corrected chi connectivity index (χ2v) is 5.65. The van der Waals surface area contributed by atoms with Gasteiger partial charge in [0.25, 0.3) is 0 Å². The van der Waals surface area contributed by atoms with Crippen molar-refractivity contribution >= 4 is 34.2 Å². The van der Waals surface area contributed by atoms with Crippen molar-refractivity contribution in [1.82, 2.24) is 5.32 Å². The molecule has 3 nitrogen and oxygen atoms in total. The van der Waals surface area contributed by atoms with Crippen molar-refractivity contribution in [2.75, 3.05) is 7.11 Å². The number of methoxy groups -OCH3 is 1. The van der Waals surface area contributed by atoms with Gasteiger partial charge in [-0.05, 0) is 30.5 Å². The second kappa shape index (κ2) is 5.51. The summed E-state index contributed by atoms with van der Waals surface area (Å²) >= 11 is 6.40. The fourth-order valence-corrected chi connectivity index (χ4v) is 2.94. The number of nitrogens with one attached hydrogen (secondary N) is 1. The highest BCUT2D eigenvalue weighted by Gasteiger charge is 2.28. The van der Waals surface area contributed by atoms with Crippen molar-refractivity contribution in [3.63, 3.8) is 0 Å². The highest BCUT2D eigenvalue weighted by atomic mass is 32.2. The Morgan fingerprint density at radius 2 is 2.12 bits per heavy atom. The van der Waals surface area contributed by atoms with Crippen LogP contribution < -0.4 is 10.1 Å². The number of thiocarbonyl (C=S) groups is 1. The van der Waals surface area contributed by atoms with Crippen LogP contribution in [0.1, 0.15) is 12.0 Å². The van der Waals surface area contributed by atoms with Gasteiger partial charge in [0, 0.05) is 0 Å². The number of hydrogen-bond donors (Lipinski definition) is 1. The van der Waals surface area contributed by atoms with Crippen molar-refractivity contribution in [2.24, 2.45) is 0 Å². The predicted octanol–water partition coefficient (Wildman–Crippen LogP) is 2.14.